The highest BCUT2D eigenvalue weighted by atomic mass is 16.3. The summed E-state index contributed by atoms with van der Waals surface area (Å²) in [6.07, 6.45) is 3.25. The molecule has 1 heterocycles. The third-order valence-electron chi connectivity index (χ3n) is 2.74. The van der Waals surface area contributed by atoms with Crippen LogP contribution in [0.25, 0.3) is 0 Å². The SMILES string of the molecule is CN(CC(=O)Nc1ccccc1CO)c1ncccn1. The molecule has 1 aromatic carbocycles. The summed E-state index contributed by atoms with van der Waals surface area (Å²) in [6, 6.07) is 8.85. The normalized spacial score (nSPS) is 10.1. The van der Waals surface area contributed by atoms with Crippen molar-refractivity contribution in [2.45, 2.75) is 6.61 Å². The third kappa shape index (κ3) is 3.52. The van der Waals surface area contributed by atoms with E-state index in [-0.39, 0.29) is 19.1 Å². The molecule has 6 nitrogen and oxygen atoms in total. The van der Waals surface area contributed by atoms with Gasteiger partial charge in [0.25, 0.3) is 0 Å². The molecule has 2 aromatic rings. The zero-order valence-electron chi connectivity index (χ0n) is 11.2. The molecule has 6 heteroatoms. The number of aliphatic hydroxyl groups is 1. The molecule has 1 amide bonds. The van der Waals surface area contributed by atoms with Crippen molar-refractivity contribution in [1.29, 1.82) is 0 Å². The topological polar surface area (TPSA) is 78.4 Å². The molecule has 0 bridgehead atoms. The van der Waals surface area contributed by atoms with E-state index in [9.17, 15) is 9.90 Å². The van der Waals surface area contributed by atoms with Crippen molar-refractivity contribution in [3.05, 3.63) is 48.3 Å². The number of benzene rings is 1. The summed E-state index contributed by atoms with van der Waals surface area (Å²) < 4.78 is 0. The number of aromatic nitrogens is 2. The van der Waals surface area contributed by atoms with Gasteiger partial charge in [-0.15, -0.1) is 0 Å². The number of nitrogens with zero attached hydrogens (tertiary/aromatic N) is 3. The Morgan fingerprint density at radius 2 is 1.95 bits per heavy atom. The van der Waals surface area contributed by atoms with E-state index in [1.54, 1.807) is 48.6 Å². The first-order valence-electron chi connectivity index (χ1n) is 6.17. The van der Waals surface area contributed by atoms with Crippen LogP contribution in [0.3, 0.4) is 0 Å². The van der Waals surface area contributed by atoms with E-state index < -0.39 is 0 Å². The number of hydrogen-bond acceptors (Lipinski definition) is 5. The van der Waals surface area contributed by atoms with Crippen molar-refractivity contribution in [1.82, 2.24) is 9.97 Å². The first kappa shape index (κ1) is 14.0. The summed E-state index contributed by atoms with van der Waals surface area (Å²) in [5.74, 6) is 0.291. The van der Waals surface area contributed by atoms with Crippen LogP contribution < -0.4 is 10.2 Å². The van der Waals surface area contributed by atoms with E-state index in [1.807, 2.05) is 6.07 Å². The average Bonchev–Trinajstić information content (AvgIpc) is 2.48. The Balaban J connectivity index is 1.99. The molecule has 2 N–H and O–H groups in total. The fraction of sp³-hybridized carbons (Fsp3) is 0.214. The van der Waals surface area contributed by atoms with Gasteiger partial charge in [0, 0.05) is 30.7 Å². The van der Waals surface area contributed by atoms with Gasteiger partial charge in [-0.2, -0.15) is 0 Å². The van der Waals surface area contributed by atoms with Crippen LogP contribution in [-0.4, -0.2) is 34.6 Å². The molecule has 20 heavy (non-hydrogen) atoms. The maximum atomic E-state index is 12.0. The van der Waals surface area contributed by atoms with Gasteiger partial charge < -0.3 is 15.3 Å². The van der Waals surface area contributed by atoms with E-state index in [2.05, 4.69) is 15.3 Å². The molecule has 104 valence electrons. The first-order valence-corrected chi connectivity index (χ1v) is 6.17. The van der Waals surface area contributed by atoms with Crippen LogP contribution in [0.15, 0.2) is 42.7 Å². The maximum absolute atomic E-state index is 12.0. The quantitative estimate of drug-likeness (QED) is 0.850. The summed E-state index contributed by atoms with van der Waals surface area (Å²) in [5.41, 5.74) is 1.29. The highest BCUT2D eigenvalue weighted by molar-refractivity contribution is 5.94. The molecular weight excluding hydrogens is 256 g/mol. The fourth-order valence-electron chi connectivity index (χ4n) is 1.74. The van der Waals surface area contributed by atoms with E-state index in [0.717, 1.165) is 0 Å². The molecule has 2 rings (SSSR count). The lowest BCUT2D eigenvalue weighted by atomic mass is 10.2. The molecule has 0 aliphatic rings. The second kappa shape index (κ2) is 6.63. The molecule has 0 aliphatic heterocycles. The Morgan fingerprint density at radius 3 is 2.65 bits per heavy atom. The Bertz CT molecular complexity index is 574. The van der Waals surface area contributed by atoms with Gasteiger partial charge in [-0.3, -0.25) is 4.79 Å². The van der Waals surface area contributed by atoms with Gasteiger partial charge >= 0.3 is 0 Å². The van der Waals surface area contributed by atoms with Gasteiger partial charge in [-0.05, 0) is 12.1 Å². The Morgan fingerprint density at radius 1 is 1.25 bits per heavy atom. The van der Waals surface area contributed by atoms with Gasteiger partial charge in [-0.1, -0.05) is 18.2 Å². The zero-order valence-corrected chi connectivity index (χ0v) is 11.2. The van der Waals surface area contributed by atoms with Gasteiger partial charge in [-0.25, -0.2) is 9.97 Å². The first-order chi connectivity index (χ1) is 9.70. The lowest BCUT2D eigenvalue weighted by Gasteiger charge is -2.16. The van der Waals surface area contributed by atoms with E-state index in [4.69, 9.17) is 0 Å². The van der Waals surface area contributed by atoms with Crippen molar-refractivity contribution >= 4 is 17.5 Å². The number of para-hydroxylation sites is 1. The van der Waals surface area contributed by atoms with Crippen molar-refractivity contribution < 1.29 is 9.90 Å². The Labute approximate surface area is 117 Å². The minimum atomic E-state index is -0.194. The number of carbonyl (C=O) groups excluding carboxylic acids is 1. The van der Waals surface area contributed by atoms with Crippen LogP contribution in [0.4, 0.5) is 11.6 Å². The second-order valence-electron chi connectivity index (χ2n) is 4.27. The monoisotopic (exact) mass is 272 g/mol. The summed E-state index contributed by atoms with van der Waals surface area (Å²) in [7, 11) is 1.74. The average molecular weight is 272 g/mol. The number of rotatable bonds is 5. The summed E-state index contributed by atoms with van der Waals surface area (Å²) in [4.78, 5) is 21.8. The molecule has 0 radical (unpaired) electrons. The number of amides is 1. The van der Waals surface area contributed by atoms with Crippen LogP contribution in [-0.2, 0) is 11.4 Å². The summed E-state index contributed by atoms with van der Waals surface area (Å²) in [6.45, 7) is 0.0118. The molecule has 0 saturated heterocycles. The lowest BCUT2D eigenvalue weighted by Crippen LogP contribution is -2.31. The zero-order chi connectivity index (χ0) is 14.4. The summed E-state index contributed by atoms with van der Waals surface area (Å²) in [5, 5.41) is 12.0. The predicted octanol–water partition coefficient (Wildman–Crippen LogP) is 1.04. The Kier molecular flexibility index (Phi) is 4.62. The third-order valence-corrected chi connectivity index (χ3v) is 2.74. The summed E-state index contributed by atoms with van der Waals surface area (Å²) >= 11 is 0. The van der Waals surface area contributed by atoms with Crippen molar-refractivity contribution in [2.75, 3.05) is 23.8 Å². The Hall–Kier alpha value is -2.47. The lowest BCUT2D eigenvalue weighted by molar-refractivity contribution is -0.114. The van der Waals surface area contributed by atoms with Gasteiger partial charge in [0.2, 0.25) is 11.9 Å². The number of carbonyl (C=O) groups is 1. The van der Waals surface area contributed by atoms with E-state index in [0.29, 0.717) is 17.2 Å². The number of hydrogen-bond donors (Lipinski definition) is 2. The number of nitrogens with one attached hydrogen (secondary N) is 1. The highest BCUT2D eigenvalue weighted by Crippen LogP contribution is 2.14. The molecular formula is C14H16N4O2. The van der Waals surface area contributed by atoms with Gasteiger partial charge in [0.1, 0.15) is 0 Å². The second-order valence-corrected chi connectivity index (χ2v) is 4.27. The maximum Gasteiger partial charge on any atom is 0.244 e. The van der Waals surface area contributed by atoms with Crippen molar-refractivity contribution in [2.24, 2.45) is 0 Å². The number of anilines is 2. The van der Waals surface area contributed by atoms with Gasteiger partial charge in [0.15, 0.2) is 0 Å². The molecule has 0 saturated carbocycles. The number of aliphatic hydroxyl groups excluding tert-OH is 1. The smallest absolute Gasteiger partial charge is 0.244 e. The number of likely N-dealkylation sites (N-methyl/N-ethyl adjacent to an activating group) is 1. The largest absolute Gasteiger partial charge is 0.392 e. The van der Waals surface area contributed by atoms with Crippen molar-refractivity contribution in [3.63, 3.8) is 0 Å². The highest BCUT2D eigenvalue weighted by Gasteiger charge is 2.10. The van der Waals surface area contributed by atoms with E-state index in [1.165, 1.54) is 0 Å². The van der Waals surface area contributed by atoms with Gasteiger partial charge in [0.05, 0.1) is 13.2 Å². The molecule has 1 aromatic heterocycles. The fourth-order valence-corrected chi connectivity index (χ4v) is 1.74. The van der Waals surface area contributed by atoms with Crippen LogP contribution >= 0.6 is 0 Å². The predicted molar refractivity (Wildman–Crippen MR) is 76.3 cm³/mol. The molecule has 0 atom stereocenters. The van der Waals surface area contributed by atoms with Crippen LogP contribution in [0.1, 0.15) is 5.56 Å². The molecule has 0 aliphatic carbocycles. The standard InChI is InChI=1S/C14H16N4O2/c1-18(14-15-7-4-8-16-14)9-13(20)17-12-6-3-2-5-11(12)10-19/h2-8,19H,9-10H2,1H3,(H,17,20). The molecule has 0 spiro atoms. The molecule has 0 unspecified atom stereocenters. The minimum Gasteiger partial charge on any atom is -0.392 e. The van der Waals surface area contributed by atoms with Crippen LogP contribution in [0, 0.1) is 0 Å². The van der Waals surface area contributed by atoms with E-state index >= 15 is 0 Å². The van der Waals surface area contributed by atoms with Crippen molar-refractivity contribution in [3.8, 4) is 0 Å². The van der Waals surface area contributed by atoms with Crippen LogP contribution in [0.2, 0.25) is 0 Å². The minimum absolute atomic E-state index is 0.117. The molecule has 0 fully saturated rings. The van der Waals surface area contributed by atoms with Crippen LogP contribution in [0.5, 0.6) is 0 Å².